The smallest absolute Gasteiger partial charge is 0.155 e. The molecule has 0 radical (unpaired) electrons. The van der Waals surface area contributed by atoms with Gasteiger partial charge in [0.2, 0.25) is 0 Å². The summed E-state index contributed by atoms with van der Waals surface area (Å²) in [5.41, 5.74) is 1.02. The van der Waals surface area contributed by atoms with Crippen molar-refractivity contribution in [2.45, 2.75) is 12.5 Å². The molecular formula is C12H18N4O. The lowest BCUT2D eigenvalue weighted by Gasteiger charge is -2.46. The van der Waals surface area contributed by atoms with Crippen LogP contribution in [-0.4, -0.2) is 64.1 Å². The summed E-state index contributed by atoms with van der Waals surface area (Å²) in [7, 11) is 1.88. The van der Waals surface area contributed by atoms with Crippen molar-refractivity contribution in [3.8, 4) is 0 Å². The number of ketones is 1. The van der Waals surface area contributed by atoms with Crippen LogP contribution in [0.2, 0.25) is 0 Å². The molecule has 3 saturated heterocycles. The summed E-state index contributed by atoms with van der Waals surface area (Å²) in [6.07, 6.45) is 4.23. The Bertz CT molecular complexity index is 420. The van der Waals surface area contributed by atoms with Crippen molar-refractivity contribution in [2.75, 3.05) is 32.7 Å². The van der Waals surface area contributed by atoms with Gasteiger partial charge >= 0.3 is 0 Å². The minimum absolute atomic E-state index is 0.109. The van der Waals surface area contributed by atoms with Crippen LogP contribution in [0.3, 0.4) is 0 Å². The number of carbonyl (C=O) groups excluding carboxylic acids is 1. The minimum Gasteiger partial charge on any atom is -0.299 e. The number of fused-ring (bicyclic) bond motifs is 3. The number of hydrogen-bond acceptors (Lipinski definition) is 4. The number of hydrogen-bond donors (Lipinski definition) is 0. The normalized spacial score (nSPS) is 31.7. The summed E-state index contributed by atoms with van der Waals surface area (Å²) >= 11 is 0. The van der Waals surface area contributed by atoms with Crippen molar-refractivity contribution in [2.24, 2.45) is 7.05 Å². The molecule has 1 unspecified atom stereocenters. The number of Topliss-reactive ketones (excluding diaryl/α,β-unsaturated/α-hetero) is 1. The molecule has 0 aromatic carbocycles. The summed E-state index contributed by atoms with van der Waals surface area (Å²) < 4.78 is 1.75. The largest absolute Gasteiger partial charge is 0.299 e. The van der Waals surface area contributed by atoms with Crippen LogP contribution in [0.15, 0.2) is 12.4 Å². The van der Waals surface area contributed by atoms with E-state index in [-0.39, 0.29) is 6.04 Å². The molecular weight excluding hydrogens is 216 g/mol. The van der Waals surface area contributed by atoms with Crippen LogP contribution in [0.4, 0.5) is 0 Å². The number of carbonyl (C=O) groups is 1. The standard InChI is InChI=1S/C12H18N4O/c1-14-8-10(7-13-14)6-12(17)11-9-15-2-4-16(11)5-3-15/h7-8,11H,2-6,9H2,1H3. The maximum Gasteiger partial charge on any atom is 0.155 e. The topological polar surface area (TPSA) is 41.4 Å². The van der Waals surface area contributed by atoms with E-state index in [1.54, 1.807) is 10.9 Å². The maximum atomic E-state index is 12.3. The molecule has 92 valence electrons. The van der Waals surface area contributed by atoms with Crippen LogP contribution in [0.1, 0.15) is 5.56 Å². The number of aryl methyl sites for hydroxylation is 1. The summed E-state index contributed by atoms with van der Waals surface area (Å²) in [6, 6.07) is 0.109. The lowest BCUT2D eigenvalue weighted by Crippen LogP contribution is -2.63. The molecule has 3 aliphatic heterocycles. The van der Waals surface area contributed by atoms with Gasteiger partial charge in [-0.25, -0.2) is 0 Å². The average Bonchev–Trinajstić information content (AvgIpc) is 2.76. The lowest BCUT2D eigenvalue weighted by molar-refractivity contribution is -0.128. The molecule has 0 saturated carbocycles. The van der Waals surface area contributed by atoms with E-state index in [1.807, 2.05) is 13.2 Å². The molecule has 5 nitrogen and oxygen atoms in total. The van der Waals surface area contributed by atoms with E-state index in [0.717, 1.165) is 38.3 Å². The Kier molecular flexibility index (Phi) is 2.72. The zero-order chi connectivity index (χ0) is 11.8. The molecule has 3 fully saturated rings. The number of nitrogens with zero attached hydrogens (tertiary/aromatic N) is 4. The molecule has 1 aromatic rings. The molecule has 0 amide bonds. The van der Waals surface area contributed by atoms with Crippen LogP contribution in [-0.2, 0) is 18.3 Å². The van der Waals surface area contributed by atoms with Gasteiger partial charge in [-0.05, 0) is 5.56 Å². The monoisotopic (exact) mass is 234 g/mol. The first kappa shape index (κ1) is 10.9. The van der Waals surface area contributed by atoms with Crippen molar-refractivity contribution in [3.63, 3.8) is 0 Å². The van der Waals surface area contributed by atoms with Crippen LogP contribution in [0.25, 0.3) is 0 Å². The zero-order valence-corrected chi connectivity index (χ0v) is 10.2. The molecule has 4 rings (SSSR count). The molecule has 5 heteroatoms. The molecule has 0 aliphatic carbocycles. The van der Waals surface area contributed by atoms with Crippen LogP contribution >= 0.6 is 0 Å². The van der Waals surface area contributed by atoms with Gasteiger partial charge in [0.15, 0.2) is 5.78 Å². The molecule has 17 heavy (non-hydrogen) atoms. The Hall–Kier alpha value is -1.20. The number of rotatable bonds is 3. The highest BCUT2D eigenvalue weighted by atomic mass is 16.1. The van der Waals surface area contributed by atoms with Crippen molar-refractivity contribution in [3.05, 3.63) is 18.0 Å². The van der Waals surface area contributed by atoms with Gasteiger partial charge in [-0.2, -0.15) is 5.10 Å². The maximum absolute atomic E-state index is 12.3. The third kappa shape index (κ3) is 2.12. The third-order valence-corrected chi connectivity index (χ3v) is 3.79. The van der Waals surface area contributed by atoms with Gasteiger partial charge in [0.25, 0.3) is 0 Å². The van der Waals surface area contributed by atoms with Crippen LogP contribution < -0.4 is 0 Å². The Morgan fingerprint density at radius 2 is 2.18 bits per heavy atom. The van der Waals surface area contributed by atoms with Crippen molar-refractivity contribution in [1.82, 2.24) is 19.6 Å². The Morgan fingerprint density at radius 3 is 2.71 bits per heavy atom. The number of piperazine rings is 3. The fourth-order valence-corrected chi connectivity index (χ4v) is 2.81. The van der Waals surface area contributed by atoms with E-state index in [9.17, 15) is 4.79 Å². The molecule has 1 atom stereocenters. The second-order valence-electron chi connectivity index (χ2n) is 5.02. The van der Waals surface area contributed by atoms with Gasteiger partial charge in [-0.1, -0.05) is 0 Å². The van der Waals surface area contributed by atoms with Gasteiger partial charge in [-0.15, -0.1) is 0 Å². The second-order valence-corrected chi connectivity index (χ2v) is 5.02. The van der Waals surface area contributed by atoms with Gasteiger partial charge in [0.1, 0.15) is 0 Å². The average molecular weight is 234 g/mol. The van der Waals surface area contributed by atoms with Gasteiger partial charge in [0, 0.05) is 52.4 Å². The lowest BCUT2D eigenvalue weighted by atomic mass is 10.00. The highest BCUT2D eigenvalue weighted by Gasteiger charge is 2.35. The molecule has 2 bridgehead atoms. The Morgan fingerprint density at radius 1 is 1.41 bits per heavy atom. The third-order valence-electron chi connectivity index (χ3n) is 3.79. The number of aromatic nitrogens is 2. The molecule has 0 N–H and O–H groups in total. The van der Waals surface area contributed by atoms with Gasteiger partial charge in [0.05, 0.1) is 12.2 Å². The summed E-state index contributed by atoms with van der Waals surface area (Å²) in [5.74, 6) is 0.336. The van der Waals surface area contributed by atoms with Crippen LogP contribution in [0.5, 0.6) is 0 Å². The van der Waals surface area contributed by atoms with E-state index < -0.39 is 0 Å². The summed E-state index contributed by atoms with van der Waals surface area (Å²) in [5, 5.41) is 4.10. The van der Waals surface area contributed by atoms with Crippen molar-refractivity contribution in [1.29, 1.82) is 0 Å². The van der Waals surface area contributed by atoms with E-state index in [0.29, 0.717) is 12.2 Å². The van der Waals surface area contributed by atoms with Gasteiger partial charge in [-0.3, -0.25) is 19.3 Å². The highest BCUT2D eigenvalue weighted by Crippen LogP contribution is 2.17. The predicted molar refractivity (Wildman–Crippen MR) is 63.7 cm³/mol. The zero-order valence-electron chi connectivity index (χ0n) is 10.2. The van der Waals surface area contributed by atoms with Crippen LogP contribution in [0, 0.1) is 0 Å². The summed E-state index contributed by atoms with van der Waals surface area (Å²) in [6.45, 7) is 5.25. The molecule has 4 heterocycles. The second kappa shape index (κ2) is 4.23. The predicted octanol–water partition coefficient (Wildman–Crippen LogP) is -0.468. The molecule has 3 aliphatic rings. The first-order valence-corrected chi connectivity index (χ1v) is 6.19. The van der Waals surface area contributed by atoms with Gasteiger partial charge < -0.3 is 0 Å². The van der Waals surface area contributed by atoms with E-state index in [4.69, 9.17) is 0 Å². The highest BCUT2D eigenvalue weighted by molar-refractivity contribution is 5.86. The fourth-order valence-electron chi connectivity index (χ4n) is 2.81. The SMILES string of the molecule is Cn1cc(CC(=O)C2CN3CCN2CC3)cn1. The first-order valence-electron chi connectivity index (χ1n) is 6.19. The molecule has 0 spiro atoms. The quantitative estimate of drug-likeness (QED) is 0.709. The Labute approximate surface area is 101 Å². The Balaban J connectivity index is 1.66. The first-order chi connectivity index (χ1) is 8.22. The molecule has 1 aromatic heterocycles. The van der Waals surface area contributed by atoms with Crippen molar-refractivity contribution < 1.29 is 4.79 Å². The summed E-state index contributed by atoms with van der Waals surface area (Å²) in [4.78, 5) is 17.0. The minimum atomic E-state index is 0.109. The fraction of sp³-hybridized carbons (Fsp3) is 0.667. The van der Waals surface area contributed by atoms with Crippen molar-refractivity contribution >= 4 is 5.78 Å². The van der Waals surface area contributed by atoms with E-state index >= 15 is 0 Å². The van der Waals surface area contributed by atoms with E-state index in [1.165, 1.54) is 0 Å². The van der Waals surface area contributed by atoms with E-state index in [2.05, 4.69) is 14.9 Å².